The number of halogens is 1. The van der Waals surface area contributed by atoms with Crippen molar-refractivity contribution in [1.29, 1.82) is 0 Å². The quantitative estimate of drug-likeness (QED) is 0.334. The molecule has 0 amide bonds. The number of furan rings is 1. The van der Waals surface area contributed by atoms with Gasteiger partial charge >= 0.3 is 5.97 Å². The first-order valence-corrected chi connectivity index (χ1v) is 9.39. The van der Waals surface area contributed by atoms with Gasteiger partial charge in [0, 0.05) is 16.0 Å². The summed E-state index contributed by atoms with van der Waals surface area (Å²) in [7, 11) is 0. The molecule has 0 aliphatic carbocycles. The fourth-order valence-corrected chi connectivity index (χ4v) is 3.09. The highest BCUT2D eigenvalue weighted by Crippen LogP contribution is 2.24. The predicted octanol–water partition coefficient (Wildman–Crippen LogP) is 4.97. The Bertz CT molecular complexity index is 1040. The topological polar surface area (TPSA) is 78.4 Å². The van der Waals surface area contributed by atoms with E-state index in [1.807, 2.05) is 30.3 Å². The lowest BCUT2D eigenvalue weighted by Crippen LogP contribution is -2.06. The second-order valence-electron chi connectivity index (χ2n) is 5.58. The fourth-order valence-electron chi connectivity index (χ4n) is 2.40. The van der Waals surface area contributed by atoms with Crippen LogP contribution in [0.5, 0.6) is 0 Å². The lowest BCUT2D eigenvalue weighted by atomic mass is 10.2. The second-order valence-corrected chi connectivity index (χ2v) is 6.94. The van der Waals surface area contributed by atoms with Crippen LogP contribution in [-0.2, 0) is 16.1 Å². The van der Waals surface area contributed by atoms with Crippen LogP contribution in [0.25, 0.3) is 22.4 Å². The van der Waals surface area contributed by atoms with E-state index in [1.54, 1.807) is 24.3 Å². The van der Waals surface area contributed by atoms with E-state index in [2.05, 4.69) is 10.2 Å². The number of nitrogens with zero attached hydrogens (tertiary/aromatic N) is 2. The Labute approximate surface area is 163 Å². The summed E-state index contributed by atoms with van der Waals surface area (Å²) in [5.41, 5.74) is 1.52. The van der Waals surface area contributed by atoms with Crippen molar-refractivity contribution in [2.24, 2.45) is 0 Å². The van der Waals surface area contributed by atoms with Gasteiger partial charge in [0.05, 0.1) is 0 Å². The number of hydrogen-bond acceptors (Lipinski definition) is 7. The first kappa shape index (κ1) is 17.6. The number of hydrogen-bond donors (Lipinski definition) is 0. The third-order valence-electron chi connectivity index (χ3n) is 3.66. The maximum atomic E-state index is 11.9. The maximum Gasteiger partial charge on any atom is 0.316 e. The molecule has 0 aliphatic rings. The number of ether oxygens (including phenoxy) is 1. The molecule has 2 aromatic carbocycles. The summed E-state index contributed by atoms with van der Waals surface area (Å²) in [6.07, 6.45) is 0. The van der Waals surface area contributed by atoms with E-state index in [-0.39, 0.29) is 12.4 Å². The lowest BCUT2D eigenvalue weighted by Gasteiger charge is -2.00. The molecule has 0 aliphatic heterocycles. The summed E-state index contributed by atoms with van der Waals surface area (Å²) >= 11 is 6.97. The molecule has 8 heteroatoms. The van der Waals surface area contributed by atoms with Crippen molar-refractivity contribution < 1.29 is 18.4 Å². The third kappa shape index (κ3) is 4.32. The normalized spacial score (nSPS) is 11.0. The van der Waals surface area contributed by atoms with Crippen LogP contribution < -0.4 is 0 Å². The molecular formula is C19H13ClN2O4S. The molecular weight excluding hydrogens is 388 g/mol. The molecule has 0 radical (unpaired) electrons. The van der Waals surface area contributed by atoms with Crippen LogP contribution in [-0.4, -0.2) is 21.9 Å². The molecule has 6 nitrogen and oxygen atoms in total. The average Bonchev–Trinajstić information content (AvgIpc) is 3.32. The van der Waals surface area contributed by atoms with Crippen LogP contribution in [0, 0.1) is 0 Å². The van der Waals surface area contributed by atoms with Crippen LogP contribution in [0.1, 0.15) is 5.76 Å². The number of aromatic nitrogens is 2. The fraction of sp³-hybridized carbons (Fsp3) is 0.105. The largest absolute Gasteiger partial charge is 0.457 e. The molecule has 27 heavy (non-hydrogen) atoms. The standard InChI is InChI=1S/C19H13ClN2O4S/c20-14-7-5-12(6-8-14)18-21-22-19(26-18)27-11-17(23)24-10-15-9-13-3-1-2-4-16(13)25-15/h1-9H,10-11H2. The van der Waals surface area contributed by atoms with E-state index >= 15 is 0 Å². The van der Waals surface area contributed by atoms with Crippen molar-refractivity contribution in [3.05, 3.63) is 65.4 Å². The van der Waals surface area contributed by atoms with Gasteiger partial charge in [-0.25, -0.2) is 0 Å². The predicted molar refractivity (Wildman–Crippen MR) is 101 cm³/mol. The second kappa shape index (κ2) is 7.85. The van der Waals surface area contributed by atoms with Gasteiger partial charge in [-0.1, -0.05) is 41.6 Å². The molecule has 2 heterocycles. The van der Waals surface area contributed by atoms with Crippen molar-refractivity contribution in [3.63, 3.8) is 0 Å². The number of benzene rings is 2. The Balaban J connectivity index is 1.29. The molecule has 0 N–H and O–H groups in total. The molecule has 0 spiro atoms. The Morgan fingerprint density at radius 1 is 1.07 bits per heavy atom. The minimum Gasteiger partial charge on any atom is -0.457 e. The zero-order chi connectivity index (χ0) is 18.6. The van der Waals surface area contributed by atoms with Crippen molar-refractivity contribution >= 4 is 40.3 Å². The van der Waals surface area contributed by atoms with Gasteiger partial charge < -0.3 is 13.6 Å². The number of para-hydroxylation sites is 1. The summed E-state index contributed by atoms with van der Waals surface area (Å²) < 4.78 is 16.4. The SMILES string of the molecule is O=C(CSc1nnc(-c2ccc(Cl)cc2)o1)OCc1cc2ccccc2o1. The summed E-state index contributed by atoms with van der Waals surface area (Å²) in [5, 5.41) is 9.77. The van der Waals surface area contributed by atoms with Gasteiger partial charge in [-0.3, -0.25) is 4.79 Å². The van der Waals surface area contributed by atoms with E-state index in [4.69, 9.17) is 25.2 Å². The van der Waals surface area contributed by atoms with Crippen LogP contribution in [0.15, 0.2) is 68.7 Å². The lowest BCUT2D eigenvalue weighted by molar-refractivity contribution is -0.142. The van der Waals surface area contributed by atoms with E-state index in [9.17, 15) is 4.79 Å². The van der Waals surface area contributed by atoms with Crippen molar-refractivity contribution in [3.8, 4) is 11.5 Å². The van der Waals surface area contributed by atoms with Crippen LogP contribution in [0.2, 0.25) is 5.02 Å². The van der Waals surface area contributed by atoms with Crippen molar-refractivity contribution in [2.75, 3.05) is 5.75 Å². The first-order chi connectivity index (χ1) is 13.2. The van der Waals surface area contributed by atoms with Crippen molar-refractivity contribution in [2.45, 2.75) is 11.8 Å². The van der Waals surface area contributed by atoms with Gasteiger partial charge in [-0.2, -0.15) is 0 Å². The van der Waals surface area contributed by atoms with Gasteiger partial charge in [0.1, 0.15) is 23.7 Å². The average molecular weight is 401 g/mol. The molecule has 0 bridgehead atoms. The Kier molecular flexibility index (Phi) is 5.13. The smallest absolute Gasteiger partial charge is 0.316 e. The van der Waals surface area contributed by atoms with Crippen LogP contribution in [0.4, 0.5) is 0 Å². The van der Waals surface area contributed by atoms with Crippen LogP contribution in [0.3, 0.4) is 0 Å². The number of esters is 1. The molecule has 0 fully saturated rings. The Morgan fingerprint density at radius 2 is 1.89 bits per heavy atom. The maximum absolute atomic E-state index is 11.9. The molecule has 0 saturated carbocycles. The summed E-state index contributed by atoms with van der Waals surface area (Å²) in [6, 6.07) is 16.5. The molecule has 0 saturated heterocycles. The van der Waals surface area contributed by atoms with E-state index in [1.165, 1.54) is 0 Å². The molecule has 136 valence electrons. The van der Waals surface area contributed by atoms with Gasteiger partial charge in [-0.05, 0) is 36.4 Å². The van der Waals surface area contributed by atoms with Crippen LogP contribution >= 0.6 is 23.4 Å². The highest BCUT2D eigenvalue weighted by atomic mass is 35.5. The number of fused-ring (bicyclic) bond motifs is 1. The minimum atomic E-state index is -0.397. The Hall–Kier alpha value is -2.77. The monoisotopic (exact) mass is 400 g/mol. The number of carbonyl (C=O) groups is 1. The minimum absolute atomic E-state index is 0.0580. The zero-order valence-electron chi connectivity index (χ0n) is 13.9. The van der Waals surface area contributed by atoms with E-state index in [0.717, 1.165) is 28.3 Å². The molecule has 0 atom stereocenters. The summed E-state index contributed by atoms with van der Waals surface area (Å²) in [5.74, 6) is 0.622. The van der Waals surface area contributed by atoms with Gasteiger partial charge in [0.2, 0.25) is 5.89 Å². The number of carbonyl (C=O) groups excluding carboxylic acids is 1. The van der Waals surface area contributed by atoms with Gasteiger partial charge in [0.15, 0.2) is 0 Å². The molecule has 4 rings (SSSR count). The number of rotatable bonds is 6. The van der Waals surface area contributed by atoms with E-state index < -0.39 is 5.97 Å². The first-order valence-electron chi connectivity index (χ1n) is 8.03. The summed E-state index contributed by atoms with van der Waals surface area (Å²) in [4.78, 5) is 11.9. The van der Waals surface area contributed by atoms with E-state index in [0.29, 0.717) is 21.9 Å². The summed E-state index contributed by atoms with van der Waals surface area (Å²) in [6.45, 7) is 0.0773. The highest BCUT2D eigenvalue weighted by Gasteiger charge is 2.13. The highest BCUT2D eigenvalue weighted by molar-refractivity contribution is 7.99. The molecule has 0 unspecified atom stereocenters. The zero-order valence-corrected chi connectivity index (χ0v) is 15.5. The van der Waals surface area contributed by atoms with Gasteiger partial charge in [-0.15, -0.1) is 10.2 Å². The Morgan fingerprint density at radius 3 is 2.70 bits per heavy atom. The third-order valence-corrected chi connectivity index (χ3v) is 4.71. The molecule has 2 aromatic heterocycles. The number of thioether (sulfide) groups is 1. The van der Waals surface area contributed by atoms with Crippen molar-refractivity contribution in [1.82, 2.24) is 10.2 Å². The van der Waals surface area contributed by atoms with Gasteiger partial charge in [0.25, 0.3) is 5.22 Å². The molecule has 4 aromatic rings.